The Kier molecular flexibility index (Phi) is 21.3. The van der Waals surface area contributed by atoms with Crippen LogP contribution in [-0.2, 0) is 18.4 Å². The minimum atomic E-state index is -4.05. The van der Waals surface area contributed by atoms with Crippen LogP contribution in [0.1, 0.15) is 142 Å². The average Bonchev–Trinajstić information content (AvgIpc) is 3.39. The summed E-state index contributed by atoms with van der Waals surface area (Å²) < 4.78 is 22.8. The molecule has 1 aliphatic heterocycles. The van der Waals surface area contributed by atoms with Crippen molar-refractivity contribution < 1.29 is 28.2 Å². The number of phosphoric ester groups is 1. The fourth-order valence-corrected chi connectivity index (χ4v) is 6.04. The first-order valence-electron chi connectivity index (χ1n) is 15.4. The highest BCUT2D eigenvalue weighted by Gasteiger charge is 2.24. The molecule has 2 unspecified atom stereocenters. The molecule has 214 valence electrons. The van der Waals surface area contributed by atoms with Crippen molar-refractivity contribution in [1.82, 2.24) is 0 Å². The lowest BCUT2D eigenvalue weighted by Crippen LogP contribution is -3.10. The van der Waals surface area contributed by atoms with E-state index in [4.69, 9.17) is 9.05 Å². The number of carbonyl (C=O) groups excluding carboxylic acids is 1. The van der Waals surface area contributed by atoms with E-state index in [1.807, 2.05) is 6.92 Å². The number of quaternary nitrogens is 1. The Hall–Kier alpha value is -0.260. The van der Waals surface area contributed by atoms with Gasteiger partial charge in [0.05, 0.1) is 32.8 Å². The lowest BCUT2D eigenvalue weighted by atomic mass is 9.95. The quantitative estimate of drug-likeness (QED) is 0.0922. The molecule has 2 atom stereocenters. The van der Waals surface area contributed by atoms with Gasteiger partial charge in [-0.2, -0.15) is 0 Å². The Morgan fingerprint density at radius 1 is 0.806 bits per heavy atom. The second kappa shape index (κ2) is 22.7. The van der Waals surface area contributed by atoms with Gasteiger partial charge in [-0.25, -0.2) is 4.57 Å². The molecule has 0 aromatic heterocycles. The Morgan fingerprint density at radius 3 is 1.86 bits per heavy atom. The first-order valence-corrected chi connectivity index (χ1v) is 16.9. The van der Waals surface area contributed by atoms with E-state index >= 15 is 0 Å². The van der Waals surface area contributed by atoms with E-state index in [1.165, 1.54) is 103 Å². The Morgan fingerprint density at radius 2 is 1.33 bits per heavy atom. The maximum atomic E-state index is 12.3. The molecule has 0 bridgehead atoms. The van der Waals surface area contributed by atoms with Gasteiger partial charge in [0.2, 0.25) is 0 Å². The summed E-state index contributed by atoms with van der Waals surface area (Å²) in [6.45, 7) is 7.87. The third kappa shape index (κ3) is 19.8. The predicted octanol–water partition coefficient (Wildman–Crippen LogP) is 7.05. The van der Waals surface area contributed by atoms with Crippen LogP contribution in [0.4, 0.5) is 0 Å². The molecule has 1 heterocycles. The first kappa shape index (κ1) is 33.8. The van der Waals surface area contributed by atoms with Gasteiger partial charge in [0.25, 0.3) is 0 Å². The summed E-state index contributed by atoms with van der Waals surface area (Å²) in [4.78, 5) is 23.6. The van der Waals surface area contributed by atoms with Gasteiger partial charge in [-0.1, -0.05) is 104 Å². The minimum Gasteiger partial charge on any atom is -0.335 e. The number of phosphoric acid groups is 1. The molecule has 36 heavy (non-hydrogen) atoms. The molecule has 1 rings (SSSR count). The topological polar surface area (TPSA) is 77.3 Å². The number of rotatable bonds is 26. The summed E-state index contributed by atoms with van der Waals surface area (Å²) in [7, 11) is -4.05. The number of Topliss-reactive ketones (excluding diaryl/α,β-unsaturated/α-hetero) is 1. The molecule has 2 N–H and O–H groups in total. The summed E-state index contributed by atoms with van der Waals surface area (Å²) in [6, 6.07) is 0. The van der Waals surface area contributed by atoms with E-state index in [-0.39, 0.29) is 24.9 Å². The maximum absolute atomic E-state index is 12.3. The van der Waals surface area contributed by atoms with Gasteiger partial charge in [0.15, 0.2) is 0 Å². The summed E-state index contributed by atoms with van der Waals surface area (Å²) in [5, 5.41) is 0. The zero-order chi connectivity index (χ0) is 26.3. The standard InChI is InChI=1S/C29H58NO5P/c1-3-5-6-7-8-9-10-11-12-13-14-15-16-17-21-28(26-29(31)4-2)27-35-36(32,33)34-25-20-24-30-22-18-19-23-30/h28H,3-27H2,1-2H3,(H,32,33)/p+1. The van der Waals surface area contributed by atoms with Crippen LogP contribution in [0, 0.1) is 5.92 Å². The van der Waals surface area contributed by atoms with Crippen molar-refractivity contribution in [1.29, 1.82) is 0 Å². The van der Waals surface area contributed by atoms with Crippen molar-refractivity contribution in [3.63, 3.8) is 0 Å². The van der Waals surface area contributed by atoms with Crippen molar-refractivity contribution in [2.45, 2.75) is 142 Å². The van der Waals surface area contributed by atoms with Crippen LogP contribution < -0.4 is 4.90 Å². The Labute approximate surface area is 222 Å². The zero-order valence-corrected chi connectivity index (χ0v) is 24.7. The highest BCUT2D eigenvalue weighted by molar-refractivity contribution is 7.47. The van der Waals surface area contributed by atoms with E-state index in [0.717, 1.165) is 32.2 Å². The number of unbranched alkanes of at least 4 members (excludes halogenated alkanes) is 13. The van der Waals surface area contributed by atoms with Gasteiger partial charge in [0.1, 0.15) is 5.78 Å². The van der Waals surface area contributed by atoms with Gasteiger partial charge in [-0.15, -0.1) is 0 Å². The molecule has 0 amide bonds. The van der Waals surface area contributed by atoms with Crippen molar-refractivity contribution in [2.24, 2.45) is 5.92 Å². The van der Waals surface area contributed by atoms with Crippen LogP contribution in [0.3, 0.4) is 0 Å². The summed E-state index contributed by atoms with van der Waals surface area (Å²) in [5.41, 5.74) is 0. The second-order valence-corrected chi connectivity index (χ2v) is 12.5. The van der Waals surface area contributed by atoms with Crippen LogP contribution in [0.25, 0.3) is 0 Å². The third-order valence-electron chi connectivity index (χ3n) is 7.59. The Bertz CT molecular complexity index is 568. The largest absolute Gasteiger partial charge is 0.472 e. The molecular weight excluding hydrogens is 473 g/mol. The normalized spacial score (nSPS) is 16.9. The lowest BCUT2D eigenvalue weighted by molar-refractivity contribution is -0.887. The molecule has 7 heteroatoms. The van der Waals surface area contributed by atoms with E-state index in [0.29, 0.717) is 12.8 Å². The molecule has 0 radical (unpaired) electrons. The number of nitrogens with one attached hydrogen (secondary N) is 1. The highest BCUT2D eigenvalue weighted by atomic mass is 31.2. The molecule has 0 aliphatic carbocycles. The molecular formula is C29H59NO5P+. The van der Waals surface area contributed by atoms with E-state index in [9.17, 15) is 14.3 Å². The van der Waals surface area contributed by atoms with E-state index in [2.05, 4.69) is 6.92 Å². The van der Waals surface area contributed by atoms with Crippen LogP contribution in [0.5, 0.6) is 0 Å². The summed E-state index contributed by atoms with van der Waals surface area (Å²) in [6.07, 6.45) is 23.6. The van der Waals surface area contributed by atoms with Gasteiger partial charge in [0, 0.05) is 32.1 Å². The SMILES string of the molecule is CCCCCCCCCCCCCCCCC(COP(=O)(O)OCCC[NH+]1CCCC1)CC(=O)CC. The van der Waals surface area contributed by atoms with E-state index < -0.39 is 7.82 Å². The van der Waals surface area contributed by atoms with Crippen molar-refractivity contribution in [2.75, 3.05) is 32.8 Å². The van der Waals surface area contributed by atoms with Gasteiger partial charge < -0.3 is 9.79 Å². The van der Waals surface area contributed by atoms with Crippen LogP contribution in [-0.4, -0.2) is 43.5 Å². The monoisotopic (exact) mass is 532 g/mol. The number of carbonyl (C=O) groups is 1. The second-order valence-electron chi connectivity index (χ2n) is 11.0. The molecule has 1 fully saturated rings. The zero-order valence-electron chi connectivity index (χ0n) is 23.8. The van der Waals surface area contributed by atoms with Crippen LogP contribution >= 0.6 is 7.82 Å². The fraction of sp³-hybridized carbons (Fsp3) is 0.966. The van der Waals surface area contributed by atoms with Crippen molar-refractivity contribution >= 4 is 13.6 Å². The lowest BCUT2D eigenvalue weighted by Gasteiger charge is -2.19. The number of ketones is 1. The maximum Gasteiger partial charge on any atom is 0.472 e. The molecule has 1 aliphatic rings. The van der Waals surface area contributed by atoms with E-state index in [1.54, 1.807) is 4.90 Å². The smallest absolute Gasteiger partial charge is 0.335 e. The molecule has 0 aromatic carbocycles. The highest BCUT2D eigenvalue weighted by Crippen LogP contribution is 2.44. The average molecular weight is 533 g/mol. The number of hydrogen-bond acceptors (Lipinski definition) is 4. The molecule has 0 spiro atoms. The summed E-state index contributed by atoms with van der Waals surface area (Å²) >= 11 is 0. The predicted molar refractivity (Wildman–Crippen MR) is 149 cm³/mol. The number of likely N-dealkylation sites (tertiary alicyclic amines) is 1. The van der Waals surface area contributed by atoms with Gasteiger partial charge in [-0.05, 0) is 12.3 Å². The van der Waals surface area contributed by atoms with Gasteiger partial charge >= 0.3 is 7.82 Å². The first-order chi connectivity index (χ1) is 17.5. The minimum absolute atomic E-state index is 0.00658. The van der Waals surface area contributed by atoms with Crippen LogP contribution in [0.2, 0.25) is 0 Å². The number of hydrogen-bond donors (Lipinski definition) is 2. The van der Waals surface area contributed by atoms with Crippen LogP contribution in [0.15, 0.2) is 0 Å². The Balaban J connectivity index is 2.09. The summed E-state index contributed by atoms with van der Waals surface area (Å²) in [5.74, 6) is 0.184. The molecule has 0 saturated carbocycles. The van der Waals surface area contributed by atoms with Gasteiger partial charge in [-0.3, -0.25) is 13.8 Å². The molecule has 1 saturated heterocycles. The fourth-order valence-electron chi connectivity index (χ4n) is 5.20. The van der Waals surface area contributed by atoms with Crippen molar-refractivity contribution in [3.8, 4) is 0 Å². The molecule has 0 aromatic rings. The van der Waals surface area contributed by atoms with Crippen molar-refractivity contribution in [3.05, 3.63) is 0 Å². The molecule has 6 nitrogen and oxygen atoms in total. The third-order valence-corrected chi connectivity index (χ3v) is 8.57.